The highest BCUT2D eigenvalue weighted by Gasteiger charge is 2.57. The first-order valence-corrected chi connectivity index (χ1v) is 8.71. The normalized spacial score (nSPS) is 42.9. The molecule has 0 aromatic rings. The Morgan fingerprint density at radius 2 is 1.93 bits per heavy atom. The van der Waals surface area contributed by atoms with E-state index in [9.17, 15) is 35.4 Å². The Morgan fingerprint density at radius 3 is 2.54 bits per heavy atom. The molecule has 6 N–H and O–H groups in total. The second-order valence-electron chi connectivity index (χ2n) is 6.90. The van der Waals surface area contributed by atoms with Crippen molar-refractivity contribution in [3.63, 3.8) is 0 Å². The van der Waals surface area contributed by atoms with Gasteiger partial charge in [0.1, 0.15) is 35.6 Å². The number of aliphatic hydroxyl groups excluding tert-OH is 5. The standard InChI is InChI=1S/C17H24O11/c1-25-14(23)8-6-26-15(10-7(4-18)2-3-17(8,10)24)28-16-13(22)12(21)11(20)9(5-19)27-16/h2,6,9-13,15-16,18-22,24H,3-5H2,1H3/t9?,10-,11?,12?,13?,15?,16?,17-/m0/s1. The summed E-state index contributed by atoms with van der Waals surface area (Å²) in [5.74, 6) is -1.84. The summed E-state index contributed by atoms with van der Waals surface area (Å²) in [6.45, 7) is -1.09. The maximum atomic E-state index is 12.0. The molecule has 1 aliphatic carbocycles. The van der Waals surface area contributed by atoms with Gasteiger partial charge in [0.15, 0.2) is 6.29 Å². The van der Waals surface area contributed by atoms with Gasteiger partial charge in [-0.3, -0.25) is 0 Å². The van der Waals surface area contributed by atoms with E-state index in [-0.39, 0.29) is 12.0 Å². The van der Waals surface area contributed by atoms with Crippen LogP contribution in [0.2, 0.25) is 0 Å². The van der Waals surface area contributed by atoms with E-state index in [0.717, 1.165) is 13.4 Å². The lowest BCUT2D eigenvalue weighted by Crippen LogP contribution is -2.61. The van der Waals surface area contributed by atoms with Crippen molar-refractivity contribution in [1.29, 1.82) is 0 Å². The molecule has 1 fully saturated rings. The van der Waals surface area contributed by atoms with Crippen molar-refractivity contribution in [3.8, 4) is 0 Å². The predicted molar refractivity (Wildman–Crippen MR) is 88.0 cm³/mol. The molecule has 11 nitrogen and oxygen atoms in total. The topological polar surface area (TPSA) is 175 Å². The molecule has 2 heterocycles. The van der Waals surface area contributed by atoms with Crippen LogP contribution < -0.4 is 0 Å². The average Bonchev–Trinajstić information content (AvgIpc) is 3.05. The third-order valence-electron chi connectivity index (χ3n) is 5.35. The van der Waals surface area contributed by atoms with E-state index >= 15 is 0 Å². The summed E-state index contributed by atoms with van der Waals surface area (Å²) in [4.78, 5) is 12.0. The number of hydrogen-bond acceptors (Lipinski definition) is 11. The fourth-order valence-electron chi connectivity index (χ4n) is 3.76. The number of ether oxygens (including phenoxy) is 4. The molecule has 28 heavy (non-hydrogen) atoms. The van der Waals surface area contributed by atoms with Crippen LogP contribution >= 0.6 is 0 Å². The van der Waals surface area contributed by atoms with E-state index < -0.39 is 67.7 Å². The monoisotopic (exact) mass is 404 g/mol. The maximum Gasteiger partial charge on any atom is 0.339 e. The second kappa shape index (κ2) is 8.05. The molecule has 0 aromatic carbocycles. The van der Waals surface area contributed by atoms with E-state index in [2.05, 4.69) is 4.74 Å². The van der Waals surface area contributed by atoms with Crippen LogP contribution in [0.5, 0.6) is 0 Å². The fourth-order valence-corrected chi connectivity index (χ4v) is 3.76. The average molecular weight is 404 g/mol. The number of carbonyl (C=O) groups is 1. The zero-order valence-electron chi connectivity index (χ0n) is 15.0. The van der Waals surface area contributed by atoms with Gasteiger partial charge in [0.05, 0.1) is 32.5 Å². The molecule has 1 saturated heterocycles. The minimum Gasteiger partial charge on any atom is -0.471 e. The van der Waals surface area contributed by atoms with Crippen LogP contribution in [0, 0.1) is 5.92 Å². The minimum atomic E-state index is -1.78. The van der Waals surface area contributed by atoms with Gasteiger partial charge in [0.25, 0.3) is 0 Å². The van der Waals surface area contributed by atoms with Gasteiger partial charge < -0.3 is 49.6 Å². The molecule has 2 aliphatic heterocycles. The van der Waals surface area contributed by atoms with Crippen LogP contribution in [0.25, 0.3) is 0 Å². The quantitative estimate of drug-likeness (QED) is 0.202. The molecule has 158 valence electrons. The number of hydrogen-bond donors (Lipinski definition) is 6. The van der Waals surface area contributed by atoms with Crippen LogP contribution in [0.4, 0.5) is 0 Å². The molecule has 0 amide bonds. The van der Waals surface area contributed by atoms with Crippen molar-refractivity contribution in [3.05, 3.63) is 23.5 Å². The van der Waals surface area contributed by atoms with Gasteiger partial charge in [-0.2, -0.15) is 0 Å². The molecule has 3 aliphatic rings. The summed E-state index contributed by atoms with van der Waals surface area (Å²) >= 11 is 0. The molecular weight excluding hydrogens is 380 g/mol. The molecule has 6 unspecified atom stereocenters. The highest BCUT2D eigenvalue weighted by molar-refractivity contribution is 5.91. The Labute approximate surface area is 160 Å². The SMILES string of the molecule is COC(=O)C1=COC(OC2OC(CO)C(O)C(O)C2O)[C@@H]2C(CO)=CC[C@]12O. The van der Waals surface area contributed by atoms with Gasteiger partial charge in [0, 0.05) is 0 Å². The maximum absolute atomic E-state index is 12.0. The van der Waals surface area contributed by atoms with E-state index in [4.69, 9.17) is 14.2 Å². The Morgan fingerprint density at radius 1 is 1.21 bits per heavy atom. The third-order valence-corrected chi connectivity index (χ3v) is 5.35. The summed E-state index contributed by atoms with van der Waals surface area (Å²) in [6, 6.07) is 0. The van der Waals surface area contributed by atoms with Gasteiger partial charge in [0.2, 0.25) is 6.29 Å². The second-order valence-corrected chi connectivity index (χ2v) is 6.90. The van der Waals surface area contributed by atoms with E-state index in [1.54, 1.807) is 6.08 Å². The van der Waals surface area contributed by atoms with Crippen LogP contribution in [0.3, 0.4) is 0 Å². The lowest BCUT2D eigenvalue weighted by molar-refractivity contribution is -0.343. The molecule has 0 saturated carbocycles. The lowest BCUT2D eigenvalue weighted by atomic mass is 9.79. The number of aliphatic hydroxyl groups is 6. The Kier molecular flexibility index (Phi) is 6.08. The lowest BCUT2D eigenvalue weighted by Gasteiger charge is -2.44. The Balaban J connectivity index is 1.86. The number of rotatable bonds is 5. The summed E-state index contributed by atoms with van der Waals surface area (Å²) in [5.41, 5.74) is -1.60. The molecule has 0 bridgehead atoms. The predicted octanol–water partition coefficient (Wildman–Crippen LogP) is -3.11. The van der Waals surface area contributed by atoms with Crippen molar-refractivity contribution in [1.82, 2.24) is 0 Å². The van der Waals surface area contributed by atoms with Gasteiger partial charge in [-0.15, -0.1) is 0 Å². The first kappa shape index (κ1) is 21.1. The largest absolute Gasteiger partial charge is 0.471 e. The van der Waals surface area contributed by atoms with Crippen molar-refractivity contribution in [2.24, 2.45) is 5.92 Å². The molecule has 3 rings (SSSR count). The summed E-state index contributed by atoms with van der Waals surface area (Å²) in [6.07, 6.45) is -6.39. The third kappa shape index (κ3) is 3.33. The first-order valence-electron chi connectivity index (χ1n) is 8.71. The van der Waals surface area contributed by atoms with Gasteiger partial charge in [-0.05, 0) is 12.0 Å². The summed E-state index contributed by atoms with van der Waals surface area (Å²) < 4.78 is 20.9. The van der Waals surface area contributed by atoms with E-state index in [1.807, 2.05) is 0 Å². The first-order chi connectivity index (χ1) is 13.3. The molecule has 0 aromatic heterocycles. The number of esters is 1. The van der Waals surface area contributed by atoms with Crippen molar-refractivity contribution < 1.29 is 54.4 Å². The Bertz CT molecular complexity index is 659. The summed E-state index contributed by atoms with van der Waals surface area (Å²) in [7, 11) is 1.15. The zero-order chi connectivity index (χ0) is 20.6. The van der Waals surface area contributed by atoms with Crippen LogP contribution in [-0.2, 0) is 23.7 Å². The van der Waals surface area contributed by atoms with Gasteiger partial charge in [-0.25, -0.2) is 4.79 Å². The van der Waals surface area contributed by atoms with Crippen molar-refractivity contribution in [2.75, 3.05) is 20.3 Å². The molecule has 0 spiro atoms. The van der Waals surface area contributed by atoms with Crippen LogP contribution in [-0.4, -0.2) is 99.5 Å². The summed E-state index contributed by atoms with van der Waals surface area (Å²) in [5, 5.41) is 59.9. The number of fused-ring (bicyclic) bond motifs is 1. The minimum absolute atomic E-state index is 0.00754. The smallest absolute Gasteiger partial charge is 0.339 e. The fraction of sp³-hybridized carbons (Fsp3) is 0.706. The highest BCUT2D eigenvalue weighted by Crippen LogP contribution is 2.47. The number of carbonyl (C=O) groups excluding carboxylic acids is 1. The van der Waals surface area contributed by atoms with Gasteiger partial charge >= 0.3 is 5.97 Å². The van der Waals surface area contributed by atoms with Crippen molar-refractivity contribution in [2.45, 2.75) is 49.0 Å². The van der Waals surface area contributed by atoms with Crippen LogP contribution in [0.15, 0.2) is 23.5 Å². The molecule has 8 atom stereocenters. The molecule has 0 radical (unpaired) electrons. The molecule has 11 heteroatoms. The van der Waals surface area contributed by atoms with E-state index in [0.29, 0.717) is 5.57 Å². The highest BCUT2D eigenvalue weighted by atomic mass is 16.8. The zero-order valence-corrected chi connectivity index (χ0v) is 15.0. The Hall–Kier alpha value is -1.57. The number of methoxy groups -OCH3 is 1. The van der Waals surface area contributed by atoms with Crippen molar-refractivity contribution >= 4 is 5.97 Å². The van der Waals surface area contributed by atoms with Gasteiger partial charge in [-0.1, -0.05) is 6.08 Å². The molecular formula is C17H24O11. The van der Waals surface area contributed by atoms with Crippen LogP contribution in [0.1, 0.15) is 6.42 Å². The van der Waals surface area contributed by atoms with E-state index in [1.165, 1.54) is 0 Å².